The Morgan fingerprint density at radius 2 is 2.15 bits per heavy atom. The molecule has 0 spiro atoms. The van der Waals surface area contributed by atoms with Gasteiger partial charge in [-0.2, -0.15) is 0 Å². The number of methoxy groups -OCH3 is 1. The summed E-state index contributed by atoms with van der Waals surface area (Å²) in [6.07, 6.45) is 0. The first kappa shape index (κ1) is 10.2. The zero-order valence-electron chi connectivity index (χ0n) is 8.17. The molecule has 0 unspecified atom stereocenters. The molecule has 2 nitrogen and oxygen atoms in total. The Morgan fingerprint density at radius 1 is 1.46 bits per heavy atom. The minimum absolute atomic E-state index is 0.458. The summed E-state index contributed by atoms with van der Waals surface area (Å²) in [4.78, 5) is 1.94. The molecule has 0 aliphatic carbocycles. The average Bonchev–Trinajstić information content (AvgIpc) is 2.16. The lowest BCUT2D eigenvalue weighted by atomic mass is 10.2. The molecule has 0 saturated heterocycles. The van der Waals surface area contributed by atoms with Gasteiger partial charge in [0.05, 0.1) is 18.8 Å². The summed E-state index contributed by atoms with van der Waals surface area (Å²) in [6, 6.07) is 6.49. The summed E-state index contributed by atoms with van der Waals surface area (Å²) in [5, 5.41) is 0. The molecule has 0 heterocycles. The molecule has 0 aliphatic heterocycles. The van der Waals surface area contributed by atoms with Gasteiger partial charge >= 0.3 is 0 Å². The molecular formula is C10H14ClNO. The van der Waals surface area contributed by atoms with E-state index in [4.69, 9.17) is 16.3 Å². The molecule has 0 saturated carbocycles. The molecule has 3 heteroatoms. The second kappa shape index (κ2) is 4.38. The highest BCUT2D eigenvalue weighted by Crippen LogP contribution is 2.28. The molecule has 0 radical (unpaired) electrons. The summed E-state index contributed by atoms with van der Waals surface area (Å²) in [5.74, 6) is 0.855. The van der Waals surface area contributed by atoms with Crippen molar-refractivity contribution < 1.29 is 4.74 Å². The zero-order valence-corrected chi connectivity index (χ0v) is 8.93. The van der Waals surface area contributed by atoms with Crippen LogP contribution in [0.3, 0.4) is 0 Å². The Morgan fingerprint density at radius 3 is 2.69 bits per heavy atom. The van der Waals surface area contributed by atoms with Crippen LogP contribution in [0.5, 0.6) is 5.75 Å². The smallest absolute Gasteiger partial charge is 0.142 e. The fourth-order valence-corrected chi connectivity index (χ4v) is 1.29. The topological polar surface area (TPSA) is 12.5 Å². The van der Waals surface area contributed by atoms with Gasteiger partial charge < -0.3 is 9.64 Å². The molecule has 72 valence electrons. The SMILES string of the molecule is COc1ccc(C)cc1N(C)CCl. The lowest BCUT2D eigenvalue weighted by Gasteiger charge is -2.19. The van der Waals surface area contributed by atoms with Crippen LogP contribution in [-0.2, 0) is 0 Å². The van der Waals surface area contributed by atoms with E-state index in [-0.39, 0.29) is 0 Å². The maximum atomic E-state index is 5.74. The molecule has 1 rings (SSSR count). The van der Waals surface area contributed by atoms with E-state index in [1.54, 1.807) is 7.11 Å². The normalized spacial score (nSPS) is 9.85. The number of ether oxygens (including phenoxy) is 1. The third-order valence-corrected chi connectivity index (χ3v) is 2.28. The molecule has 0 amide bonds. The molecule has 0 N–H and O–H groups in total. The minimum Gasteiger partial charge on any atom is -0.495 e. The second-order valence-corrected chi connectivity index (χ2v) is 3.23. The molecule has 13 heavy (non-hydrogen) atoms. The Balaban J connectivity index is 3.07. The first-order chi connectivity index (χ1) is 6.19. The minimum atomic E-state index is 0.458. The van der Waals surface area contributed by atoms with E-state index in [9.17, 15) is 0 Å². The number of hydrogen-bond acceptors (Lipinski definition) is 2. The summed E-state index contributed by atoms with van der Waals surface area (Å²) < 4.78 is 5.22. The van der Waals surface area contributed by atoms with Gasteiger partial charge in [-0.3, -0.25) is 0 Å². The van der Waals surface area contributed by atoms with Crippen molar-refractivity contribution in [2.45, 2.75) is 6.92 Å². The summed E-state index contributed by atoms with van der Waals surface area (Å²) in [6.45, 7) is 2.05. The maximum Gasteiger partial charge on any atom is 0.142 e. The van der Waals surface area contributed by atoms with Crippen molar-refractivity contribution >= 4 is 17.3 Å². The largest absolute Gasteiger partial charge is 0.495 e. The van der Waals surface area contributed by atoms with Crippen LogP contribution in [-0.4, -0.2) is 20.2 Å². The summed E-state index contributed by atoms with van der Waals surface area (Å²) in [5.41, 5.74) is 2.23. The van der Waals surface area contributed by atoms with Crippen LogP contribution >= 0.6 is 11.6 Å². The molecule has 0 bridgehead atoms. The van der Waals surface area contributed by atoms with E-state index in [1.807, 2.05) is 31.0 Å². The van der Waals surface area contributed by atoms with E-state index in [1.165, 1.54) is 5.56 Å². The highest BCUT2D eigenvalue weighted by molar-refractivity contribution is 6.19. The van der Waals surface area contributed by atoms with E-state index in [0.29, 0.717) is 6.00 Å². The number of benzene rings is 1. The van der Waals surface area contributed by atoms with Gasteiger partial charge in [-0.05, 0) is 24.6 Å². The van der Waals surface area contributed by atoms with E-state index in [0.717, 1.165) is 11.4 Å². The number of aryl methyl sites for hydroxylation is 1. The number of anilines is 1. The summed E-state index contributed by atoms with van der Waals surface area (Å²) in [7, 11) is 3.60. The number of hydrogen-bond donors (Lipinski definition) is 0. The third kappa shape index (κ3) is 2.28. The number of alkyl halides is 1. The van der Waals surface area contributed by atoms with Crippen molar-refractivity contribution in [1.29, 1.82) is 0 Å². The van der Waals surface area contributed by atoms with Crippen LogP contribution in [0, 0.1) is 6.92 Å². The van der Waals surface area contributed by atoms with Crippen LogP contribution in [0.15, 0.2) is 18.2 Å². The van der Waals surface area contributed by atoms with Gasteiger partial charge in [0, 0.05) is 7.05 Å². The lowest BCUT2D eigenvalue weighted by molar-refractivity contribution is 0.415. The predicted octanol–water partition coefficient (Wildman–Crippen LogP) is 2.64. The second-order valence-electron chi connectivity index (χ2n) is 2.99. The van der Waals surface area contributed by atoms with Gasteiger partial charge in [0.25, 0.3) is 0 Å². The van der Waals surface area contributed by atoms with Crippen molar-refractivity contribution in [3.63, 3.8) is 0 Å². The fourth-order valence-electron chi connectivity index (χ4n) is 1.16. The monoisotopic (exact) mass is 199 g/mol. The quantitative estimate of drug-likeness (QED) is 0.548. The van der Waals surface area contributed by atoms with Gasteiger partial charge in [0.2, 0.25) is 0 Å². The highest BCUT2D eigenvalue weighted by Gasteiger charge is 2.06. The van der Waals surface area contributed by atoms with Crippen LogP contribution in [0.2, 0.25) is 0 Å². The Kier molecular flexibility index (Phi) is 3.43. The molecule has 0 atom stereocenters. The van der Waals surface area contributed by atoms with Crippen molar-refractivity contribution in [1.82, 2.24) is 0 Å². The maximum absolute atomic E-state index is 5.74. The van der Waals surface area contributed by atoms with Gasteiger partial charge in [0.15, 0.2) is 0 Å². The first-order valence-electron chi connectivity index (χ1n) is 4.10. The van der Waals surface area contributed by atoms with E-state index in [2.05, 4.69) is 6.07 Å². The Labute approximate surface area is 84.1 Å². The third-order valence-electron chi connectivity index (χ3n) is 1.92. The van der Waals surface area contributed by atoms with Gasteiger partial charge in [-0.25, -0.2) is 0 Å². The molecule has 1 aromatic carbocycles. The predicted molar refractivity (Wildman–Crippen MR) is 56.9 cm³/mol. The van der Waals surface area contributed by atoms with Gasteiger partial charge in [-0.15, -0.1) is 11.6 Å². The van der Waals surface area contributed by atoms with Crippen LogP contribution in [0.25, 0.3) is 0 Å². The van der Waals surface area contributed by atoms with Crippen molar-refractivity contribution in [2.24, 2.45) is 0 Å². The Bertz CT molecular complexity index is 288. The van der Waals surface area contributed by atoms with Crippen molar-refractivity contribution in [3.8, 4) is 5.75 Å². The Hall–Kier alpha value is -0.890. The zero-order chi connectivity index (χ0) is 9.84. The summed E-state index contributed by atoms with van der Waals surface area (Å²) >= 11 is 5.74. The molecule has 0 aliphatic rings. The molecular weight excluding hydrogens is 186 g/mol. The molecule has 0 aromatic heterocycles. The lowest BCUT2D eigenvalue weighted by Crippen LogP contribution is -2.15. The van der Waals surface area contributed by atoms with Crippen LogP contribution < -0.4 is 9.64 Å². The van der Waals surface area contributed by atoms with Crippen LogP contribution in [0.4, 0.5) is 5.69 Å². The van der Waals surface area contributed by atoms with Crippen LogP contribution in [0.1, 0.15) is 5.56 Å². The van der Waals surface area contributed by atoms with Gasteiger partial charge in [0.1, 0.15) is 5.75 Å². The molecule has 1 aromatic rings. The number of nitrogens with zero attached hydrogens (tertiary/aromatic N) is 1. The van der Waals surface area contributed by atoms with Crippen molar-refractivity contribution in [3.05, 3.63) is 23.8 Å². The highest BCUT2D eigenvalue weighted by atomic mass is 35.5. The van der Waals surface area contributed by atoms with E-state index < -0.39 is 0 Å². The van der Waals surface area contributed by atoms with Gasteiger partial charge in [-0.1, -0.05) is 6.07 Å². The number of rotatable bonds is 3. The standard InChI is InChI=1S/C10H14ClNO/c1-8-4-5-10(13-3)9(6-8)12(2)7-11/h4-6H,7H2,1-3H3. The first-order valence-corrected chi connectivity index (χ1v) is 4.64. The van der Waals surface area contributed by atoms with Crippen molar-refractivity contribution in [2.75, 3.05) is 25.1 Å². The average molecular weight is 200 g/mol. The molecule has 0 fully saturated rings. The number of halogens is 1. The fraction of sp³-hybridized carbons (Fsp3) is 0.400. The van der Waals surface area contributed by atoms with E-state index >= 15 is 0 Å².